The molecule has 0 saturated heterocycles. The molecule has 29 heavy (non-hydrogen) atoms. The van der Waals surface area contributed by atoms with Crippen molar-refractivity contribution < 1.29 is 23.4 Å². The van der Waals surface area contributed by atoms with E-state index < -0.39 is 12.4 Å². The molecule has 0 fully saturated rings. The number of benzene rings is 1. The van der Waals surface area contributed by atoms with Crippen molar-refractivity contribution in [2.75, 3.05) is 6.61 Å². The maximum absolute atomic E-state index is 12.8. The second-order valence-electron chi connectivity index (χ2n) is 6.26. The number of aryl methyl sites for hydroxylation is 1. The standard InChI is InChI=1S/C21H19F2NO3S2/c1-13-9-16(7-8-18(13)27-11-19(25)26)28-12-17-10-24-21(29-17)15-4-2-3-14(5-6-15)20(22)23/h3-10,20H,2,11-12H2,1H3,(H,25,26). The minimum Gasteiger partial charge on any atom is -0.482 e. The number of hydrogen-bond acceptors (Lipinski definition) is 5. The Morgan fingerprint density at radius 1 is 1.34 bits per heavy atom. The Bertz CT molecular complexity index is 980. The van der Waals surface area contributed by atoms with Crippen molar-refractivity contribution in [2.45, 2.75) is 30.4 Å². The highest BCUT2D eigenvalue weighted by Crippen LogP contribution is 2.32. The molecular weight excluding hydrogens is 416 g/mol. The first-order chi connectivity index (χ1) is 13.9. The first kappa shape index (κ1) is 21.3. The van der Waals surface area contributed by atoms with Gasteiger partial charge in [0.05, 0.1) is 0 Å². The average molecular weight is 436 g/mol. The van der Waals surface area contributed by atoms with E-state index in [-0.39, 0.29) is 12.2 Å². The normalized spacial score (nSPS) is 13.8. The zero-order valence-corrected chi connectivity index (χ0v) is 17.2. The van der Waals surface area contributed by atoms with Crippen molar-refractivity contribution in [3.63, 3.8) is 0 Å². The number of ether oxygens (including phenoxy) is 1. The molecule has 0 aliphatic heterocycles. The number of halogens is 2. The molecule has 0 unspecified atom stereocenters. The summed E-state index contributed by atoms with van der Waals surface area (Å²) in [5, 5.41) is 9.52. The van der Waals surface area contributed by atoms with Gasteiger partial charge in [-0.05, 0) is 37.1 Å². The first-order valence-electron chi connectivity index (χ1n) is 8.82. The Hall–Kier alpha value is -2.45. The van der Waals surface area contributed by atoms with E-state index in [0.717, 1.165) is 31.7 Å². The summed E-state index contributed by atoms with van der Waals surface area (Å²) in [5.41, 5.74) is 1.76. The zero-order chi connectivity index (χ0) is 20.8. The van der Waals surface area contributed by atoms with Crippen LogP contribution in [0.1, 0.15) is 21.9 Å². The molecule has 1 aromatic carbocycles. The van der Waals surface area contributed by atoms with Crippen LogP contribution < -0.4 is 4.74 Å². The first-order valence-corrected chi connectivity index (χ1v) is 10.6. The molecule has 0 amide bonds. The third kappa shape index (κ3) is 6.01. The predicted octanol–water partition coefficient (Wildman–Crippen LogP) is 5.74. The summed E-state index contributed by atoms with van der Waals surface area (Å²) in [6.45, 7) is 1.51. The second kappa shape index (κ2) is 9.84. The van der Waals surface area contributed by atoms with E-state index in [4.69, 9.17) is 9.84 Å². The lowest BCUT2D eigenvalue weighted by Crippen LogP contribution is -2.09. The van der Waals surface area contributed by atoms with Crippen LogP contribution in [0.15, 0.2) is 59.2 Å². The smallest absolute Gasteiger partial charge is 0.341 e. The van der Waals surface area contributed by atoms with E-state index in [0.29, 0.717) is 12.2 Å². The lowest BCUT2D eigenvalue weighted by molar-refractivity contribution is -0.139. The highest BCUT2D eigenvalue weighted by Gasteiger charge is 2.12. The second-order valence-corrected chi connectivity index (χ2v) is 8.43. The van der Waals surface area contributed by atoms with Crippen LogP contribution in [0.25, 0.3) is 5.57 Å². The molecule has 2 aromatic rings. The Kier molecular flexibility index (Phi) is 7.22. The number of nitrogens with zero attached hydrogens (tertiary/aromatic N) is 1. The van der Waals surface area contributed by atoms with Gasteiger partial charge in [0.25, 0.3) is 6.43 Å². The summed E-state index contributed by atoms with van der Waals surface area (Å²) in [7, 11) is 0. The van der Waals surface area contributed by atoms with Gasteiger partial charge in [-0.2, -0.15) is 0 Å². The molecule has 1 heterocycles. The number of allylic oxidation sites excluding steroid dienone is 6. The van der Waals surface area contributed by atoms with Gasteiger partial charge in [0.1, 0.15) is 10.8 Å². The Balaban J connectivity index is 1.60. The molecule has 3 rings (SSSR count). The molecule has 0 bridgehead atoms. The van der Waals surface area contributed by atoms with E-state index in [2.05, 4.69) is 4.98 Å². The summed E-state index contributed by atoms with van der Waals surface area (Å²) in [6, 6.07) is 5.62. The number of alkyl halides is 2. The SMILES string of the molecule is Cc1cc(SCc2cnc(C3=CCC=C(C(F)F)C=C3)s2)ccc1OCC(=O)O. The van der Waals surface area contributed by atoms with Crippen LogP contribution in [0, 0.1) is 6.92 Å². The van der Waals surface area contributed by atoms with Crippen molar-refractivity contribution >= 4 is 34.6 Å². The van der Waals surface area contributed by atoms with Gasteiger partial charge in [0.15, 0.2) is 6.61 Å². The number of thiazole rings is 1. The molecule has 8 heteroatoms. The van der Waals surface area contributed by atoms with Crippen molar-refractivity contribution in [3.05, 3.63) is 69.7 Å². The number of aromatic nitrogens is 1. The summed E-state index contributed by atoms with van der Waals surface area (Å²) in [5.74, 6) is 0.272. The Morgan fingerprint density at radius 2 is 2.17 bits per heavy atom. The third-order valence-electron chi connectivity index (χ3n) is 4.08. The van der Waals surface area contributed by atoms with E-state index in [1.54, 1.807) is 35.2 Å². The Morgan fingerprint density at radius 3 is 2.90 bits per heavy atom. The van der Waals surface area contributed by atoms with Crippen LogP contribution in [-0.2, 0) is 10.5 Å². The van der Waals surface area contributed by atoms with Crippen LogP contribution in [0.4, 0.5) is 8.78 Å². The number of carboxylic acid groups (broad SMARTS) is 1. The molecule has 0 radical (unpaired) electrons. The third-order valence-corrected chi connectivity index (χ3v) is 6.35. The van der Waals surface area contributed by atoms with Gasteiger partial charge in [-0.3, -0.25) is 0 Å². The molecule has 1 aliphatic carbocycles. The van der Waals surface area contributed by atoms with Crippen molar-refractivity contribution in [1.82, 2.24) is 4.98 Å². The molecule has 0 saturated carbocycles. The topological polar surface area (TPSA) is 59.4 Å². The molecule has 1 aliphatic rings. The van der Waals surface area contributed by atoms with Gasteiger partial charge in [0.2, 0.25) is 0 Å². The lowest BCUT2D eigenvalue weighted by Gasteiger charge is -2.08. The molecular formula is C21H19F2NO3S2. The monoisotopic (exact) mass is 435 g/mol. The van der Waals surface area contributed by atoms with Gasteiger partial charge in [-0.1, -0.05) is 24.3 Å². The highest BCUT2D eigenvalue weighted by atomic mass is 32.2. The van der Waals surface area contributed by atoms with Crippen LogP contribution in [0.5, 0.6) is 5.75 Å². The molecule has 0 spiro atoms. The quantitative estimate of drug-likeness (QED) is 0.536. The van der Waals surface area contributed by atoms with Crippen molar-refractivity contribution in [1.29, 1.82) is 0 Å². The number of carbonyl (C=O) groups is 1. The number of rotatable bonds is 8. The van der Waals surface area contributed by atoms with Crippen LogP contribution >= 0.6 is 23.1 Å². The number of aliphatic carboxylic acids is 1. The van der Waals surface area contributed by atoms with Gasteiger partial charge in [-0.15, -0.1) is 23.1 Å². The molecule has 0 atom stereocenters. The van der Waals surface area contributed by atoms with Gasteiger partial charge >= 0.3 is 5.97 Å². The van der Waals surface area contributed by atoms with E-state index >= 15 is 0 Å². The zero-order valence-electron chi connectivity index (χ0n) is 15.6. The summed E-state index contributed by atoms with van der Waals surface area (Å²) in [6.07, 6.45) is 6.39. The van der Waals surface area contributed by atoms with Crippen molar-refractivity contribution in [2.24, 2.45) is 0 Å². The molecule has 4 nitrogen and oxygen atoms in total. The van der Waals surface area contributed by atoms with Crippen molar-refractivity contribution in [3.8, 4) is 5.75 Å². The fraction of sp³-hybridized carbons (Fsp3) is 0.238. The van der Waals surface area contributed by atoms with E-state index in [1.807, 2.05) is 31.3 Å². The van der Waals surface area contributed by atoms with Crippen LogP contribution in [-0.4, -0.2) is 29.1 Å². The predicted molar refractivity (Wildman–Crippen MR) is 112 cm³/mol. The highest BCUT2D eigenvalue weighted by molar-refractivity contribution is 7.98. The van der Waals surface area contributed by atoms with Gasteiger partial charge in [-0.25, -0.2) is 18.6 Å². The maximum Gasteiger partial charge on any atom is 0.341 e. The van der Waals surface area contributed by atoms with E-state index in [1.165, 1.54) is 12.2 Å². The Labute approximate surface area is 175 Å². The minimum atomic E-state index is -2.47. The number of hydrogen-bond donors (Lipinski definition) is 1. The van der Waals surface area contributed by atoms with Crippen LogP contribution in [0.2, 0.25) is 0 Å². The fourth-order valence-electron chi connectivity index (χ4n) is 2.64. The number of thioether (sulfide) groups is 1. The maximum atomic E-state index is 12.8. The number of carboxylic acids is 1. The molecule has 152 valence electrons. The summed E-state index contributed by atoms with van der Waals surface area (Å²) < 4.78 is 30.9. The molecule has 1 N–H and O–H groups in total. The van der Waals surface area contributed by atoms with Crippen LogP contribution in [0.3, 0.4) is 0 Å². The summed E-state index contributed by atoms with van der Waals surface area (Å²) in [4.78, 5) is 17.2. The largest absolute Gasteiger partial charge is 0.482 e. The molecule has 1 aromatic heterocycles. The lowest BCUT2D eigenvalue weighted by atomic mass is 10.2. The average Bonchev–Trinajstić information content (AvgIpc) is 3.00. The van der Waals surface area contributed by atoms with Gasteiger partial charge in [0, 0.05) is 32.9 Å². The summed E-state index contributed by atoms with van der Waals surface area (Å²) >= 11 is 3.18. The van der Waals surface area contributed by atoms with Gasteiger partial charge < -0.3 is 9.84 Å². The minimum absolute atomic E-state index is 0.0368. The van der Waals surface area contributed by atoms with E-state index in [9.17, 15) is 13.6 Å². The fourth-order valence-corrected chi connectivity index (χ4v) is 4.59.